The van der Waals surface area contributed by atoms with Gasteiger partial charge in [-0.05, 0) is 35.7 Å². The summed E-state index contributed by atoms with van der Waals surface area (Å²) in [6, 6.07) is 11.2. The van der Waals surface area contributed by atoms with Crippen LogP contribution in [0.15, 0.2) is 48.7 Å². The number of urea groups is 1. The average molecular weight is 400 g/mol. The third-order valence-electron chi connectivity index (χ3n) is 4.86. The zero-order valence-corrected chi connectivity index (χ0v) is 15.9. The minimum absolute atomic E-state index is 0.133. The summed E-state index contributed by atoms with van der Waals surface area (Å²) in [5.74, 6) is -0.602. The summed E-state index contributed by atoms with van der Waals surface area (Å²) >= 11 is 6.18. The number of nitrogens with zero attached hydrogens (tertiary/aromatic N) is 2. The van der Waals surface area contributed by atoms with Gasteiger partial charge in [0.2, 0.25) is 5.91 Å². The molecule has 0 spiro atoms. The second-order valence-corrected chi connectivity index (χ2v) is 7.26. The molecule has 3 amide bonds. The molecule has 0 radical (unpaired) electrons. The fourth-order valence-corrected chi connectivity index (χ4v) is 3.43. The second kappa shape index (κ2) is 7.64. The maximum Gasteiger partial charge on any atom is 0.327 e. The standard InChI is InChI=1S/C21H19ClFN3O2/c22-18-3-1-2-17-15(12-24-20(17)18)6-9-19(27)26(21(28)25-10-11-25)13-14-4-7-16(23)8-5-14/h1-5,7-8,12,24H,6,9-11,13H2. The van der Waals surface area contributed by atoms with Gasteiger partial charge in [0.15, 0.2) is 0 Å². The number of hydrogen-bond acceptors (Lipinski definition) is 2. The van der Waals surface area contributed by atoms with Crippen LogP contribution in [0.2, 0.25) is 5.02 Å². The number of aryl methyl sites for hydroxylation is 1. The molecule has 0 saturated carbocycles. The molecule has 0 bridgehead atoms. The van der Waals surface area contributed by atoms with Crippen LogP contribution in [0.3, 0.4) is 0 Å². The van der Waals surface area contributed by atoms with Gasteiger partial charge in [-0.1, -0.05) is 35.9 Å². The number of benzene rings is 2. The predicted octanol–water partition coefficient (Wildman–Crippen LogP) is 4.36. The van der Waals surface area contributed by atoms with E-state index in [-0.39, 0.29) is 30.7 Å². The molecule has 1 aromatic heterocycles. The largest absolute Gasteiger partial charge is 0.360 e. The number of nitrogens with one attached hydrogen (secondary N) is 1. The van der Waals surface area contributed by atoms with E-state index in [1.807, 2.05) is 24.4 Å². The van der Waals surface area contributed by atoms with E-state index < -0.39 is 0 Å². The Morgan fingerprint density at radius 3 is 2.61 bits per heavy atom. The zero-order valence-electron chi connectivity index (χ0n) is 15.1. The number of imide groups is 1. The molecular weight excluding hydrogens is 381 g/mol. The number of fused-ring (bicyclic) bond motifs is 1. The Morgan fingerprint density at radius 1 is 1.14 bits per heavy atom. The summed E-state index contributed by atoms with van der Waals surface area (Å²) in [5, 5.41) is 1.60. The molecule has 0 aliphatic carbocycles. The van der Waals surface area contributed by atoms with Crippen molar-refractivity contribution in [2.75, 3.05) is 13.1 Å². The molecule has 0 unspecified atom stereocenters. The Kier molecular flexibility index (Phi) is 5.05. The van der Waals surface area contributed by atoms with E-state index in [9.17, 15) is 14.0 Å². The first-order valence-electron chi connectivity index (χ1n) is 9.11. The van der Waals surface area contributed by atoms with E-state index in [2.05, 4.69) is 4.98 Å². The van der Waals surface area contributed by atoms with Gasteiger partial charge in [-0.2, -0.15) is 0 Å². The molecular formula is C21H19ClFN3O2. The fourth-order valence-electron chi connectivity index (χ4n) is 3.21. The minimum atomic E-state index is -0.350. The quantitative estimate of drug-likeness (QED) is 0.648. The van der Waals surface area contributed by atoms with Crippen LogP contribution < -0.4 is 0 Å². The first kappa shape index (κ1) is 18.5. The molecule has 4 rings (SSSR count). The number of H-pyrrole nitrogens is 1. The lowest BCUT2D eigenvalue weighted by Crippen LogP contribution is -2.39. The number of carbonyl (C=O) groups excluding carboxylic acids is 2. The van der Waals surface area contributed by atoms with Crippen LogP contribution in [0.25, 0.3) is 10.9 Å². The number of amides is 3. The number of carbonyl (C=O) groups is 2. The van der Waals surface area contributed by atoms with Crippen molar-refractivity contribution in [1.29, 1.82) is 0 Å². The van der Waals surface area contributed by atoms with Gasteiger partial charge in [0, 0.05) is 31.1 Å². The lowest BCUT2D eigenvalue weighted by molar-refractivity contribution is -0.129. The molecule has 2 aromatic carbocycles. The predicted molar refractivity (Wildman–Crippen MR) is 106 cm³/mol. The van der Waals surface area contributed by atoms with Crippen LogP contribution in [0.4, 0.5) is 9.18 Å². The Bertz CT molecular complexity index is 1030. The molecule has 1 aliphatic rings. The van der Waals surface area contributed by atoms with Crippen molar-refractivity contribution in [2.45, 2.75) is 19.4 Å². The van der Waals surface area contributed by atoms with Gasteiger partial charge in [0.1, 0.15) is 5.82 Å². The van der Waals surface area contributed by atoms with Crippen LogP contribution in [0.1, 0.15) is 17.5 Å². The molecule has 2 heterocycles. The average Bonchev–Trinajstić information content (AvgIpc) is 3.46. The molecule has 1 fully saturated rings. The Balaban J connectivity index is 1.49. The number of rotatable bonds is 5. The molecule has 28 heavy (non-hydrogen) atoms. The number of aromatic amines is 1. The van der Waals surface area contributed by atoms with Crippen LogP contribution in [-0.2, 0) is 17.8 Å². The van der Waals surface area contributed by atoms with E-state index in [0.29, 0.717) is 30.1 Å². The van der Waals surface area contributed by atoms with Gasteiger partial charge in [0.05, 0.1) is 17.1 Å². The molecule has 3 aromatic rings. The van der Waals surface area contributed by atoms with Crippen molar-refractivity contribution in [1.82, 2.24) is 14.8 Å². The van der Waals surface area contributed by atoms with E-state index in [0.717, 1.165) is 16.5 Å². The number of halogens is 2. The van der Waals surface area contributed by atoms with E-state index in [1.54, 1.807) is 17.0 Å². The molecule has 5 nitrogen and oxygen atoms in total. The number of aromatic nitrogens is 1. The first-order valence-corrected chi connectivity index (χ1v) is 9.49. The molecule has 7 heteroatoms. The Hall–Kier alpha value is -2.86. The SMILES string of the molecule is O=C(CCc1c[nH]c2c(Cl)cccc12)N(Cc1ccc(F)cc1)C(=O)N1CC1. The number of para-hydroxylation sites is 1. The van der Waals surface area contributed by atoms with Gasteiger partial charge in [-0.3, -0.25) is 9.69 Å². The van der Waals surface area contributed by atoms with E-state index in [1.165, 1.54) is 17.0 Å². The lowest BCUT2D eigenvalue weighted by atomic mass is 10.1. The molecule has 1 saturated heterocycles. The summed E-state index contributed by atoms with van der Waals surface area (Å²) in [6.07, 6.45) is 2.53. The van der Waals surface area contributed by atoms with Crippen molar-refractivity contribution < 1.29 is 14.0 Å². The highest BCUT2D eigenvalue weighted by Gasteiger charge is 2.32. The highest BCUT2D eigenvalue weighted by Crippen LogP contribution is 2.26. The summed E-state index contributed by atoms with van der Waals surface area (Å²) in [7, 11) is 0. The van der Waals surface area contributed by atoms with E-state index in [4.69, 9.17) is 11.6 Å². The fraction of sp³-hybridized carbons (Fsp3) is 0.238. The Labute approximate surface area is 166 Å². The maximum atomic E-state index is 13.1. The normalized spacial score (nSPS) is 13.0. The summed E-state index contributed by atoms with van der Waals surface area (Å²) < 4.78 is 13.1. The number of hydrogen-bond donors (Lipinski definition) is 1. The summed E-state index contributed by atoms with van der Waals surface area (Å²) in [4.78, 5) is 31.4. The summed E-state index contributed by atoms with van der Waals surface area (Å²) in [6.45, 7) is 1.45. The third kappa shape index (κ3) is 3.87. The molecule has 1 N–H and O–H groups in total. The third-order valence-corrected chi connectivity index (χ3v) is 5.18. The first-order chi connectivity index (χ1) is 13.5. The highest BCUT2D eigenvalue weighted by atomic mass is 35.5. The monoisotopic (exact) mass is 399 g/mol. The van der Waals surface area contributed by atoms with Crippen molar-refractivity contribution in [3.05, 3.63) is 70.6 Å². The topological polar surface area (TPSA) is 56.2 Å². The maximum absolute atomic E-state index is 13.1. The van der Waals surface area contributed by atoms with Gasteiger partial charge in [0.25, 0.3) is 0 Å². The second-order valence-electron chi connectivity index (χ2n) is 6.85. The minimum Gasteiger partial charge on any atom is -0.360 e. The smallest absolute Gasteiger partial charge is 0.327 e. The van der Waals surface area contributed by atoms with Gasteiger partial charge < -0.3 is 9.88 Å². The molecule has 1 aliphatic heterocycles. The summed E-state index contributed by atoms with van der Waals surface area (Å²) in [5.41, 5.74) is 2.53. The highest BCUT2D eigenvalue weighted by molar-refractivity contribution is 6.35. The van der Waals surface area contributed by atoms with Crippen LogP contribution >= 0.6 is 11.6 Å². The van der Waals surface area contributed by atoms with Crippen molar-refractivity contribution in [2.24, 2.45) is 0 Å². The van der Waals surface area contributed by atoms with E-state index >= 15 is 0 Å². The van der Waals surface area contributed by atoms with Crippen molar-refractivity contribution in [3.8, 4) is 0 Å². The van der Waals surface area contributed by atoms with Gasteiger partial charge in [-0.15, -0.1) is 0 Å². The van der Waals surface area contributed by atoms with Crippen LogP contribution in [0, 0.1) is 5.82 Å². The zero-order chi connectivity index (χ0) is 19.7. The van der Waals surface area contributed by atoms with Crippen molar-refractivity contribution in [3.63, 3.8) is 0 Å². The van der Waals surface area contributed by atoms with Crippen LogP contribution in [0.5, 0.6) is 0 Å². The van der Waals surface area contributed by atoms with Gasteiger partial charge in [-0.25, -0.2) is 9.18 Å². The van der Waals surface area contributed by atoms with Crippen molar-refractivity contribution >= 4 is 34.4 Å². The molecule has 144 valence electrons. The van der Waals surface area contributed by atoms with Gasteiger partial charge >= 0.3 is 6.03 Å². The van der Waals surface area contributed by atoms with Crippen LogP contribution in [-0.4, -0.2) is 39.8 Å². The molecule has 0 atom stereocenters. The lowest BCUT2D eigenvalue weighted by Gasteiger charge is -2.21. The Morgan fingerprint density at radius 2 is 1.89 bits per heavy atom.